The molecular formula is C39H27N3. The second-order valence-corrected chi connectivity index (χ2v) is 11.5. The Balaban J connectivity index is 1.34. The van der Waals surface area contributed by atoms with Crippen molar-refractivity contribution in [3.8, 4) is 45.3 Å². The molecule has 0 amide bonds. The van der Waals surface area contributed by atoms with E-state index in [-0.39, 0.29) is 5.41 Å². The Labute approximate surface area is 245 Å². The fourth-order valence-electron chi connectivity index (χ4n) is 7.01. The van der Waals surface area contributed by atoms with Crippen LogP contribution in [0, 0.1) is 11.3 Å². The van der Waals surface area contributed by atoms with Crippen LogP contribution in [0.3, 0.4) is 0 Å². The van der Waals surface area contributed by atoms with Gasteiger partial charge in [-0.15, -0.1) is 0 Å². The molecule has 1 aliphatic carbocycles. The van der Waals surface area contributed by atoms with Gasteiger partial charge in [-0.05, 0) is 75.8 Å². The first kappa shape index (κ1) is 24.3. The summed E-state index contributed by atoms with van der Waals surface area (Å²) < 4.78 is 2.41. The van der Waals surface area contributed by atoms with Gasteiger partial charge in [0, 0.05) is 33.6 Å². The van der Waals surface area contributed by atoms with E-state index in [1.165, 1.54) is 44.1 Å². The first-order valence-corrected chi connectivity index (χ1v) is 14.3. The summed E-state index contributed by atoms with van der Waals surface area (Å²) in [5.74, 6) is 0. The van der Waals surface area contributed by atoms with Gasteiger partial charge >= 0.3 is 0 Å². The van der Waals surface area contributed by atoms with Crippen LogP contribution in [0.15, 0.2) is 128 Å². The molecule has 3 heteroatoms. The van der Waals surface area contributed by atoms with Gasteiger partial charge in [0.1, 0.15) is 6.07 Å². The Kier molecular flexibility index (Phi) is 5.23. The molecule has 0 radical (unpaired) electrons. The van der Waals surface area contributed by atoms with E-state index in [4.69, 9.17) is 0 Å². The predicted octanol–water partition coefficient (Wildman–Crippen LogP) is 9.69. The molecule has 42 heavy (non-hydrogen) atoms. The van der Waals surface area contributed by atoms with Crippen molar-refractivity contribution >= 4 is 21.8 Å². The molecule has 5 aromatic carbocycles. The Hall–Kier alpha value is -5.46. The second-order valence-electron chi connectivity index (χ2n) is 11.5. The van der Waals surface area contributed by atoms with Crippen molar-refractivity contribution in [3.05, 3.63) is 144 Å². The summed E-state index contributed by atoms with van der Waals surface area (Å²) in [5, 5.41) is 12.2. The van der Waals surface area contributed by atoms with E-state index in [0.717, 1.165) is 22.4 Å². The summed E-state index contributed by atoms with van der Waals surface area (Å²) in [6.07, 6.45) is 1.74. The second kappa shape index (κ2) is 9.03. The lowest BCUT2D eigenvalue weighted by Crippen LogP contribution is -2.15. The van der Waals surface area contributed by atoms with Crippen molar-refractivity contribution in [2.75, 3.05) is 0 Å². The maximum atomic E-state index is 9.63. The van der Waals surface area contributed by atoms with Crippen molar-refractivity contribution in [2.45, 2.75) is 19.3 Å². The number of pyridine rings is 1. The van der Waals surface area contributed by atoms with E-state index in [2.05, 4.69) is 127 Å². The van der Waals surface area contributed by atoms with E-state index in [1.54, 1.807) is 12.3 Å². The van der Waals surface area contributed by atoms with E-state index in [0.29, 0.717) is 11.3 Å². The zero-order valence-corrected chi connectivity index (χ0v) is 23.5. The standard InChI is InChI=1S/C39H27N3/c1-39(2)33-17-5-3-15-30(33)31-19-20-35-36(37(31)39)32-16-4-6-18-34(32)42(35)29-14-8-11-26(23-29)25-10-7-12-27(22-25)38-28(24-40)13-9-21-41-38/h3-23H,1-2H3. The van der Waals surface area contributed by atoms with E-state index < -0.39 is 0 Å². The lowest BCUT2D eigenvalue weighted by atomic mass is 9.80. The molecule has 0 atom stereocenters. The minimum atomic E-state index is -0.101. The molecule has 8 rings (SSSR count). The summed E-state index contributed by atoms with van der Waals surface area (Å²) in [6.45, 7) is 4.71. The number of nitrogens with zero attached hydrogens (tertiary/aromatic N) is 3. The molecule has 0 saturated carbocycles. The highest BCUT2D eigenvalue weighted by Crippen LogP contribution is 2.53. The molecule has 2 aromatic heterocycles. The van der Waals surface area contributed by atoms with Crippen LogP contribution in [-0.2, 0) is 5.41 Å². The van der Waals surface area contributed by atoms with Gasteiger partial charge in [-0.1, -0.05) is 92.7 Å². The number of para-hydroxylation sites is 1. The molecule has 0 bridgehead atoms. The molecule has 0 saturated heterocycles. The highest BCUT2D eigenvalue weighted by atomic mass is 15.0. The molecule has 7 aromatic rings. The fourth-order valence-corrected chi connectivity index (χ4v) is 7.01. The first-order valence-electron chi connectivity index (χ1n) is 14.3. The number of benzene rings is 5. The lowest BCUT2D eigenvalue weighted by molar-refractivity contribution is 0.666. The van der Waals surface area contributed by atoms with Crippen LogP contribution in [0.1, 0.15) is 30.5 Å². The Morgan fingerprint density at radius 1 is 0.667 bits per heavy atom. The Bertz CT molecular complexity index is 2240. The molecule has 0 fully saturated rings. The zero-order chi connectivity index (χ0) is 28.4. The molecule has 0 spiro atoms. The smallest absolute Gasteiger partial charge is 0.101 e. The van der Waals surface area contributed by atoms with Crippen LogP contribution >= 0.6 is 0 Å². The summed E-state index contributed by atoms with van der Waals surface area (Å²) in [5.41, 5.74) is 13.3. The van der Waals surface area contributed by atoms with Crippen molar-refractivity contribution in [3.63, 3.8) is 0 Å². The molecule has 3 nitrogen and oxygen atoms in total. The van der Waals surface area contributed by atoms with Gasteiger partial charge < -0.3 is 4.57 Å². The van der Waals surface area contributed by atoms with Gasteiger partial charge in [0.05, 0.1) is 22.3 Å². The molecule has 2 heterocycles. The lowest BCUT2D eigenvalue weighted by Gasteiger charge is -2.22. The summed E-state index contributed by atoms with van der Waals surface area (Å²) in [6, 6.07) is 45.2. The third-order valence-corrected chi connectivity index (χ3v) is 8.86. The van der Waals surface area contributed by atoms with Crippen LogP contribution in [0.4, 0.5) is 0 Å². The van der Waals surface area contributed by atoms with Gasteiger partial charge in [0.2, 0.25) is 0 Å². The molecule has 0 aliphatic heterocycles. The minimum Gasteiger partial charge on any atom is -0.309 e. The normalized spacial score (nSPS) is 13.2. The number of nitriles is 1. The van der Waals surface area contributed by atoms with Crippen molar-refractivity contribution in [1.82, 2.24) is 9.55 Å². The first-order chi connectivity index (χ1) is 20.6. The number of hydrogen-bond donors (Lipinski definition) is 0. The highest BCUT2D eigenvalue weighted by molar-refractivity contribution is 6.14. The van der Waals surface area contributed by atoms with Crippen molar-refractivity contribution in [1.29, 1.82) is 5.26 Å². The number of aromatic nitrogens is 2. The van der Waals surface area contributed by atoms with Gasteiger partial charge in [-0.25, -0.2) is 0 Å². The zero-order valence-electron chi connectivity index (χ0n) is 23.5. The number of hydrogen-bond acceptors (Lipinski definition) is 2. The van der Waals surface area contributed by atoms with Crippen molar-refractivity contribution < 1.29 is 0 Å². The Morgan fingerprint density at radius 3 is 2.31 bits per heavy atom. The maximum Gasteiger partial charge on any atom is 0.101 e. The molecule has 0 unspecified atom stereocenters. The summed E-state index contributed by atoms with van der Waals surface area (Å²) in [4.78, 5) is 4.51. The number of fused-ring (bicyclic) bond motifs is 7. The molecular weight excluding hydrogens is 510 g/mol. The minimum absolute atomic E-state index is 0.101. The van der Waals surface area contributed by atoms with Crippen LogP contribution < -0.4 is 0 Å². The van der Waals surface area contributed by atoms with E-state index >= 15 is 0 Å². The monoisotopic (exact) mass is 537 g/mol. The molecule has 198 valence electrons. The topological polar surface area (TPSA) is 41.6 Å². The predicted molar refractivity (Wildman–Crippen MR) is 172 cm³/mol. The van der Waals surface area contributed by atoms with Gasteiger partial charge in [0.15, 0.2) is 0 Å². The van der Waals surface area contributed by atoms with Crippen LogP contribution in [0.2, 0.25) is 0 Å². The average molecular weight is 538 g/mol. The maximum absolute atomic E-state index is 9.63. The highest BCUT2D eigenvalue weighted by Gasteiger charge is 2.37. The number of rotatable bonds is 3. The quantitative estimate of drug-likeness (QED) is 0.225. The average Bonchev–Trinajstić information content (AvgIpc) is 3.50. The van der Waals surface area contributed by atoms with Gasteiger partial charge in [-0.3, -0.25) is 4.98 Å². The van der Waals surface area contributed by atoms with Crippen LogP contribution in [0.25, 0.3) is 61.0 Å². The van der Waals surface area contributed by atoms with E-state index in [1.807, 2.05) is 18.2 Å². The molecule has 1 aliphatic rings. The third-order valence-electron chi connectivity index (χ3n) is 8.86. The van der Waals surface area contributed by atoms with Crippen LogP contribution in [0.5, 0.6) is 0 Å². The van der Waals surface area contributed by atoms with E-state index in [9.17, 15) is 5.26 Å². The van der Waals surface area contributed by atoms with Gasteiger partial charge in [-0.2, -0.15) is 5.26 Å². The molecule has 0 N–H and O–H groups in total. The third kappa shape index (κ3) is 3.42. The summed E-state index contributed by atoms with van der Waals surface area (Å²) >= 11 is 0. The summed E-state index contributed by atoms with van der Waals surface area (Å²) in [7, 11) is 0. The fraction of sp³-hybridized carbons (Fsp3) is 0.0769. The SMILES string of the molecule is CC1(C)c2ccccc2-c2ccc3c(c21)c1ccccc1n3-c1cccc(-c2cccc(-c3ncccc3C#N)c2)c1. The Morgan fingerprint density at radius 2 is 1.43 bits per heavy atom. The van der Waals surface area contributed by atoms with Crippen molar-refractivity contribution in [2.24, 2.45) is 0 Å². The van der Waals surface area contributed by atoms with Crippen LogP contribution in [-0.4, -0.2) is 9.55 Å². The largest absolute Gasteiger partial charge is 0.309 e. The van der Waals surface area contributed by atoms with Gasteiger partial charge in [0.25, 0.3) is 0 Å².